The van der Waals surface area contributed by atoms with Crippen LogP contribution < -0.4 is 10.1 Å². The lowest BCUT2D eigenvalue weighted by Gasteiger charge is -2.31. The van der Waals surface area contributed by atoms with Gasteiger partial charge in [0.2, 0.25) is 15.9 Å². The van der Waals surface area contributed by atoms with Gasteiger partial charge in [0.15, 0.2) is 0 Å². The minimum atomic E-state index is -3.23. The summed E-state index contributed by atoms with van der Waals surface area (Å²) in [5.41, 5.74) is 0.696. The summed E-state index contributed by atoms with van der Waals surface area (Å²) in [6.07, 6.45) is 5.68. The highest BCUT2D eigenvalue weighted by atomic mass is 35.5. The van der Waals surface area contributed by atoms with Crippen molar-refractivity contribution in [3.63, 3.8) is 0 Å². The molecule has 1 aliphatic rings. The Morgan fingerprint density at radius 3 is 2.88 bits per heavy atom. The number of sulfonamides is 1. The fourth-order valence-electron chi connectivity index (χ4n) is 2.61. The van der Waals surface area contributed by atoms with Gasteiger partial charge in [-0.1, -0.05) is 11.6 Å². The van der Waals surface area contributed by atoms with Crippen molar-refractivity contribution < 1.29 is 17.9 Å². The molecule has 0 aromatic heterocycles. The van der Waals surface area contributed by atoms with Gasteiger partial charge in [-0.25, -0.2) is 12.7 Å². The predicted molar refractivity (Wildman–Crippen MR) is 94.6 cm³/mol. The summed E-state index contributed by atoms with van der Waals surface area (Å²) in [7, 11) is -1.69. The molecule has 1 unspecified atom stereocenters. The molecular formula is C16H21ClN2O4S. The first-order chi connectivity index (χ1) is 11.3. The van der Waals surface area contributed by atoms with Crippen molar-refractivity contribution in [3.05, 3.63) is 34.9 Å². The smallest absolute Gasteiger partial charge is 0.244 e. The maximum absolute atomic E-state index is 12.1. The summed E-state index contributed by atoms with van der Waals surface area (Å²) in [5, 5.41) is 3.39. The van der Waals surface area contributed by atoms with Crippen molar-refractivity contribution >= 4 is 33.6 Å². The number of carbonyl (C=O) groups is 1. The Morgan fingerprint density at radius 2 is 2.21 bits per heavy atom. The van der Waals surface area contributed by atoms with Crippen LogP contribution in [0.25, 0.3) is 6.08 Å². The third-order valence-corrected chi connectivity index (χ3v) is 5.31. The van der Waals surface area contributed by atoms with Gasteiger partial charge in [-0.15, -0.1) is 0 Å². The van der Waals surface area contributed by atoms with Crippen LogP contribution in [0.5, 0.6) is 5.75 Å². The molecule has 1 N–H and O–H groups in total. The Bertz CT molecular complexity index is 734. The third kappa shape index (κ3) is 5.22. The van der Waals surface area contributed by atoms with Crippen LogP contribution in [0.4, 0.5) is 0 Å². The number of nitrogens with one attached hydrogen (secondary N) is 1. The van der Waals surface area contributed by atoms with Crippen LogP contribution >= 0.6 is 11.6 Å². The molecular weight excluding hydrogens is 352 g/mol. The summed E-state index contributed by atoms with van der Waals surface area (Å²) in [5.74, 6) is 0.335. The van der Waals surface area contributed by atoms with Crippen molar-refractivity contribution in [2.75, 3.05) is 26.5 Å². The van der Waals surface area contributed by atoms with E-state index in [4.69, 9.17) is 16.3 Å². The molecule has 1 aromatic rings. The Hall–Kier alpha value is -1.57. The fourth-order valence-corrected chi connectivity index (χ4v) is 3.70. The molecule has 132 valence electrons. The molecule has 8 heteroatoms. The lowest BCUT2D eigenvalue weighted by Crippen LogP contribution is -2.48. The molecule has 24 heavy (non-hydrogen) atoms. The molecule has 0 spiro atoms. The molecule has 2 rings (SSSR count). The molecule has 1 aliphatic heterocycles. The van der Waals surface area contributed by atoms with Crippen LogP contribution in [0, 0.1) is 0 Å². The van der Waals surface area contributed by atoms with E-state index in [0.29, 0.717) is 29.4 Å². The molecule has 0 aliphatic carbocycles. The van der Waals surface area contributed by atoms with Gasteiger partial charge < -0.3 is 10.1 Å². The molecule has 0 radical (unpaired) electrons. The zero-order valence-corrected chi connectivity index (χ0v) is 15.2. The second kappa shape index (κ2) is 8.00. The number of halogens is 1. The summed E-state index contributed by atoms with van der Waals surface area (Å²) >= 11 is 5.95. The maximum atomic E-state index is 12.1. The largest absolute Gasteiger partial charge is 0.496 e. The first-order valence-electron chi connectivity index (χ1n) is 7.57. The zero-order valence-electron chi connectivity index (χ0n) is 13.7. The molecule has 1 aromatic carbocycles. The molecule has 1 heterocycles. The number of methoxy groups -OCH3 is 1. The van der Waals surface area contributed by atoms with Gasteiger partial charge in [0.25, 0.3) is 0 Å². The van der Waals surface area contributed by atoms with E-state index in [-0.39, 0.29) is 11.9 Å². The number of piperidine rings is 1. The normalized spacial score (nSPS) is 19.4. The Balaban J connectivity index is 1.99. The van der Waals surface area contributed by atoms with Gasteiger partial charge in [-0.05, 0) is 37.1 Å². The topological polar surface area (TPSA) is 75.7 Å². The van der Waals surface area contributed by atoms with Gasteiger partial charge in [0.05, 0.1) is 13.4 Å². The standard InChI is InChI=1S/C16H21ClN2O4S/c1-23-15-7-6-13(17)10-12(15)5-8-16(20)18-14-4-3-9-19(11-14)24(2,21)22/h5-8,10,14H,3-4,9,11H2,1-2H3,(H,18,20)/b8-5+. The number of ether oxygens (including phenoxy) is 1. The third-order valence-electron chi connectivity index (χ3n) is 3.81. The molecule has 0 saturated carbocycles. The Kier molecular flexibility index (Phi) is 6.26. The number of amides is 1. The number of rotatable bonds is 5. The van der Waals surface area contributed by atoms with Crippen molar-refractivity contribution in [3.8, 4) is 5.75 Å². The van der Waals surface area contributed by atoms with Gasteiger partial charge in [-0.3, -0.25) is 4.79 Å². The van der Waals surface area contributed by atoms with E-state index in [1.54, 1.807) is 31.4 Å². The van der Waals surface area contributed by atoms with E-state index < -0.39 is 10.0 Å². The number of benzene rings is 1. The number of nitrogens with zero attached hydrogens (tertiary/aromatic N) is 1. The number of hydrogen-bond acceptors (Lipinski definition) is 4. The molecule has 0 bridgehead atoms. The highest BCUT2D eigenvalue weighted by molar-refractivity contribution is 7.88. The van der Waals surface area contributed by atoms with Gasteiger partial charge >= 0.3 is 0 Å². The van der Waals surface area contributed by atoms with Crippen LogP contribution in [0.1, 0.15) is 18.4 Å². The minimum absolute atomic E-state index is 0.188. The highest BCUT2D eigenvalue weighted by Gasteiger charge is 2.26. The van der Waals surface area contributed by atoms with E-state index in [1.807, 2.05) is 0 Å². The molecule has 6 nitrogen and oxygen atoms in total. The fraction of sp³-hybridized carbons (Fsp3) is 0.438. The first kappa shape index (κ1) is 18.8. The van der Waals surface area contributed by atoms with E-state index in [9.17, 15) is 13.2 Å². The average molecular weight is 373 g/mol. The van der Waals surface area contributed by atoms with Crippen LogP contribution in [0.3, 0.4) is 0 Å². The SMILES string of the molecule is COc1ccc(Cl)cc1/C=C/C(=O)NC1CCCN(S(C)(=O)=O)C1. The van der Waals surface area contributed by atoms with E-state index in [0.717, 1.165) is 12.8 Å². The van der Waals surface area contributed by atoms with Gasteiger partial charge in [0.1, 0.15) is 5.75 Å². The Labute approximate surface area is 147 Å². The zero-order chi connectivity index (χ0) is 17.7. The maximum Gasteiger partial charge on any atom is 0.244 e. The molecule has 1 fully saturated rings. The van der Waals surface area contributed by atoms with Gasteiger partial charge in [-0.2, -0.15) is 0 Å². The molecule has 1 amide bonds. The van der Waals surface area contributed by atoms with Crippen molar-refractivity contribution in [2.45, 2.75) is 18.9 Å². The van der Waals surface area contributed by atoms with Crippen molar-refractivity contribution in [1.29, 1.82) is 0 Å². The van der Waals surface area contributed by atoms with Crippen molar-refractivity contribution in [2.24, 2.45) is 0 Å². The highest BCUT2D eigenvalue weighted by Crippen LogP contribution is 2.23. The lowest BCUT2D eigenvalue weighted by molar-refractivity contribution is -0.117. The lowest BCUT2D eigenvalue weighted by atomic mass is 10.1. The number of hydrogen-bond donors (Lipinski definition) is 1. The first-order valence-corrected chi connectivity index (χ1v) is 9.79. The van der Waals surface area contributed by atoms with E-state index in [2.05, 4.69) is 5.32 Å². The molecule has 1 saturated heterocycles. The van der Waals surface area contributed by atoms with Gasteiger partial charge in [0, 0.05) is 35.8 Å². The average Bonchev–Trinajstić information content (AvgIpc) is 2.52. The van der Waals surface area contributed by atoms with Crippen LogP contribution in [0.2, 0.25) is 5.02 Å². The second-order valence-electron chi connectivity index (χ2n) is 5.69. The monoisotopic (exact) mass is 372 g/mol. The summed E-state index contributed by atoms with van der Waals surface area (Å²) in [6.45, 7) is 0.805. The van der Waals surface area contributed by atoms with Crippen LogP contribution in [-0.4, -0.2) is 51.1 Å². The van der Waals surface area contributed by atoms with E-state index >= 15 is 0 Å². The van der Waals surface area contributed by atoms with Crippen LogP contribution in [0.15, 0.2) is 24.3 Å². The minimum Gasteiger partial charge on any atom is -0.496 e. The number of carbonyl (C=O) groups excluding carboxylic acids is 1. The quantitative estimate of drug-likeness (QED) is 0.801. The molecule has 1 atom stereocenters. The summed E-state index contributed by atoms with van der Waals surface area (Å²) < 4.78 is 29.8. The second-order valence-corrected chi connectivity index (χ2v) is 8.11. The summed E-state index contributed by atoms with van der Waals surface area (Å²) in [6, 6.07) is 4.95. The van der Waals surface area contributed by atoms with Crippen molar-refractivity contribution in [1.82, 2.24) is 9.62 Å². The Morgan fingerprint density at radius 1 is 1.46 bits per heavy atom. The predicted octanol–water partition coefficient (Wildman–Crippen LogP) is 1.90. The van der Waals surface area contributed by atoms with Crippen LogP contribution in [-0.2, 0) is 14.8 Å². The summed E-state index contributed by atoms with van der Waals surface area (Å²) in [4.78, 5) is 12.1. The van der Waals surface area contributed by atoms with E-state index in [1.165, 1.54) is 16.6 Å².